The first-order chi connectivity index (χ1) is 9.41. The molecule has 0 heterocycles. The summed E-state index contributed by atoms with van der Waals surface area (Å²) in [5.41, 5.74) is 5.01. The number of benzene rings is 1. The van der Waals surface area contributed by atoms with Crippen molar-refractivity contribution in [3.05, 3.63) is 23.8 Å². The van der Waals surface area contributed by atoms with E-state index in [1.807, 2.05) is 0 Å². The first-order valence-corrected chi connectivity index (χ1v) is 7.05. The van der Waals surface area contributed by atoms with E-state index in [4.69, 9.17) is 10.5 Å². The highest BCUT2D eigenvalue weighted by Crippen LogP contribution is 2.36. The van der Waals surface area contributed by atoms with Gasteiger partial charge in [0.05, 0.1) is 11.3 Å². The van der Waals surface area contributed by atoms with Crippen molar-refractivity contribution in [1.29, 1.82) is 0 Å². The lowest BCUT2D eigenvalue weighted by Crippen LogP contribution is -2.30. The number of rotatable bonds is 3. The number of anilines is 1. The second-order valence-electron chi connectivity index (χ2n) is 5.36. The van der Waals surface area contributed by atoms with Gasteiger partial charge in [-0.2, -0.15) is 13.2 Å². The fraction of sp³-hybridized carbons (Fsp3) is 0.600. The Morgan fingerprint density at radius 1 is 1.25 bits per heavy atom. The summed E-state index contributed by atoms with van der Waals surface area (Å²) < 4.78 is 43.6. The van der Waals surface area contributed by atoms with Crippen LogP contribution >= 0.6 is 0 Å². The highest BCUT2D eigenvalue weighted by atomic mass is 19.4. The minimum absolute atomic E-state index is 0.0558. The normalized spacial score (nSPS) is 23.6. The van der Waals surface area contributed by atoms with Gasteiger partial charge in [0.2, 0.25) is 0 Å². The summed E-state index contributed by atoms with van der Waals surface area (Å²) >= 11 is 0. The van der Waals surface area contributed by atoms with E-state index in [0.717, 1.165) is 37.8 Å². The van der Waals surface area contributed by atoms with Gasteiger partial charge in [0.1, 0.15) is 11.9 Å². The highest BCUT2D eigenvalue weighted by Gasteiger charge is 2.31. The SMILES string of the molecule is CCC1CCCCC1Oc1ccc(C(F)(F)F)cc1N. The zero-order valence-electron chi connectivity index (χ0n) is 11.5. The zero-order chi connectivity index (χ0) is 14.8. The van der Waals surface area contributed by atoms with Crippen LogP contribution in [0.25, 0.3) is 0 Å². The second-order valence-corrected chi connectivity index (χ2v) is 5.36. The van der Waals surface area contributed by atoms with Crippen LogP contribution in [0.5, 0.6) is 5.75 Å². The fourth-order valence-electron chi connectivity index (χ4n) is 2.79. The van der Waals surface area contributed by atoms with Crippen LogP contribution in [-0.2, 0) is 6.18 Å². The Morgan fingerprint density at radius 3 is 2.55 bits per heavy atom. The Hall–Kier alpha value is -1.39. The Kier molecular flexibility index (Phi) is 4.45. The highest BCUT2D eigenvalue weighted by molar-refractivity contribution is 5.54. The average molecular weight is 287 g/mol. The van der Waals surface area contributed by atoms with Gasteiger partial charge < -0.3 is 10.5 Å². The van der Waals surface area contributed by atoms with Crippen LogP contribution in [0.2, 0.25) is 0 Å². The smallest absolute Gasteiger partial charge is 0.416 e. The molecule has 0 aromatic heterocycles. The number of nitrogens with two attached hydrogens (primary N) is 1. The molecule has 2 atom stereocenters. The standard InChI is InChI=1S/C15H20F3NO/c1-2-10-5-3-4-6-13(10)20-14-8-7-11(9-12(14)19)15(16,17)18/h7-10,13H,2-6,19H2,1H3. The van der Waals surface area contributed by atoms with Crippen molar-refractivity contribution in [2.75, 3.05) is 5.73 Å². The van der Waals surface area contributed by atoms with Crippen LogP contribution in [0.3, 0.4) is 0 Å². The monoisotopic (exact) mass is 287 g/mol. The molecule has 5 heteroatoms. The third-order valence-corrected chi connectivity index (χ3v) is 3.98. The van der Waals surface area contributed by atoms with Gasteiger partial charge in [-0.15, -0.1) is 0 Å². The Labute approximate surface area is 117 Å². The molecular weight excluding hydrogens is 267 g/mol. The topological polar surface area (TPSA) is 35.2 Å². The van der Waals surface area contributed by atoms with Crippen molar-refractivity contribution in [2.45, 2.75) is 51.3 Å². The van der Waals surface area contributed by atoms with Gasteiger partial charge in [0.25, 0.3) is 0 Å². The van der Waals surface area contributed by atoms with Crippen molar-refractivity contribution in [1.82, 2.24) is 0 Å². The molecule has 1 fully saturated rings. The van der Waals surface area contributed by atoms with Crippen LogP contribution in [0.4, 0.5) is 18.9 Å². The van der Waals surface area contributed by atoms with E-state index in [-0.39, 0.29) is 11.8 Å². The number of alkyl halides is 3. The molecule has 0 saturated heterocycles. The molecule has 0 aliphatic heterocycles. The lowest BCUT2D eigenvalue weighted by molar-refractivity contribution is -0.137. The Balaban J connectivity index is 2.13. The largest absolute Gasteiger partial charge is 0.488 e. The predicted molar refractivity (Wildman–Crippen MR) is 72.5 cm³/mol. The van der Waals surface area contributed by atoms with E-state index in [0.29, 0.717) is 11.7 Å². The van der Waals surface area contributed by atoms with E-state index in [1.54, 1.807) is 0 Å². The summed E-state index contributed by atoms with van der Waals surface area (Å²) in [7, 11) is 0. The summed E-state index contributed by atoms with van der Waals surface area (Å²) in [6, 6.07) is 3.30. The lowest BCUT2D eigenvalue weighted by atomic mass is 9.85. The number of hydrogen-bond acceptors (Lipinski definition) is 2. The van der Waals surface area contributed by atoms with Crippen LogP contribution in [0, 0.1) is 5.92 Å². The molecule has 2 nitrogen and oxygen atoms in total. The third kappa shape index (κ3) is 3.38. The van der Waals surface area contributed by atoms with E-state index >= 15 is 0 Å². The van der Waals surface area contributed by atoms with Crippen molar-refractivity contribution < 1.29 is 17.9 Å². The van der Waals surface area contributed by atoms with Crippen molar-refractivity contribution in [2.24, 2.45) is 5.92 Å². The van der Waals surface area contributed by atoms with Gasteiger partial charge in [-0.1, -0.05) is 13.3 Å². The molecule has 1 aromatic rings. The molecule has 0 bridgehead atoms. The Bertz CT molecular complexity index is 459. The maximum atomic E-state index is 12.6. The third-order valence-electron chi connectivity index (χ3n) is 3.98. The lowest BCUT2D eigenvalue weighted by Gasteiger charge is -2.31. The first kappa shape index (κ1) is 15.0. The minimum Gasteiger partial charge on any atom is -0.488 e. The summed E-state index contributed by atoms with van der Waals surface area (Å²) in [4.78, 5) is 0. The molecule has 2 N–H and O–H groups in total. The first-order valence-electron chi connectivity index (χ1n) is 7.05. The number of halogens is 3. The van der Waals surface area contributed by atoms with Gasteiger partial charge in [0.15, 0.2) is 0 Å². The number of ether oxygens (including phenoxy) is 1. The van der Waals surface area contributed by atoms with Crippen molar-refractivity contribution >= 4 is 5.69 Å². The molecule has 1 saturated carbocycles. The van der Waals surface area contributed by atoms with Crippen molar-refractivity contribution in [3.8, 4) is 5.75 Å². The molecule has 112 valence electrons. The molecule has 1 aliphatic rings. The molecule has 0 radical (unpaired) electrons. The molecular formula is C15H20F3NO. The van der Waals surface area contributed by atoms with Gasteiger partial charge in [-0.05, 0) is 49.8 Å². The summed E-state index contributed by atoms with van der Waals surface area (Å²) in [5.74, 6) is 0.828. The predicted octanol–water partition coefficient (Wildman–Crippen LogP) is 4.64. The second kappa shape index (κ2) is 5.94. The molecule has 1 aromatic carbocycles. The molecule has 2 unspecified atom stereocenters. The minimum atomic E-state index is -4.37. The summed E-state index contributed by atoms with van der Waals surface area (Å²) in [6.45, 7) is 2.11. The summed E-state index contributed by atoms with van der Waals surface area (Å²) in [5, 5.41) is 0. The molecule has 1 aliphatic carbocycles. The van der Waals surface area contributed by atoms with Gasteiger partial charge in [-0.3, -0.25) is 0 Å². The summed E-state index contributed by atoms with van der Waals surface area (Å²) in [6.07, 6.45) is 1.06. The van der Waals surface area contributed by atoms with E-state index in [1.165, 1.54) is 12.5 Å². The van der Waals surface area contributed by atoms with Gasteiger partial charge >= 0.3 is 6.18 Å². The van der Waals surface area contributed by atoms with Crippen LogP contribution < -0.4 is 10.5 Å². The molecule has 0 spiro atoms. The van der Waals surface area contributed by atoms with E-state index in [2.05, 4.69) is 6.92 Å². The van der Waals surface area contributed by atoms with Gasteiger partial charge in [-0.25, -0.2) is 0 Å². The van der Waals surface area contributed by atoms with Crippen LogP contribution in [-0.4, -0.2) is 6.10 Å². The molecule has 2 rings (SSSR count). The van der Waals surface area contributed by atoms with Crippen LogP contribution in [0.1, 0.15) is 44.6 Å². The zero-order valence-corrected chi connectivity index (χ0v) is 11.5. The maximum absolute atomic E-state index is 12.6. The maximum Gasteiger partial charge on any atom is 0.416 e. The quantitative estimate of drug-likeness (QED) is 0.822. The molecule has 20 heavy (non-hydrogen) atoms. The molecule has 0 amide bonds. The van der Waals surface area contributed by atoms with Crippen molar-refractivity contribution in [3.63, 3.8) is 0 Å². The van der Waals surface area contributed by atoms with E-state index < -0.39 is 11.7 Å². The van der Waals surface area contributed by atoms with E-state index in [9.17, 15) is 13.2 Å². The van der Waals surface area contributed by atoms with Crippen LogP contribution in [0.15, 0.2) is 18.2 Å². The Morgan fingerprint density at radius 2 is 1.95 bits per heavy atom. The fourth-order valence-corrected chi connectivity index (χ4v) is 2.79. The average Bonchev–Trinajstić information content (AvgIpc) is 2.40. The number of nitrogen functional groups attached to an aromatic ring is 1. The van der Waals surface area contributed by atoms with Gasteiger partial charge in [0, 0.05) is 0 Å². The number of hydrogen-bond donors (Lipinski definition) is 1.